The molecule has 3 heteroatoms. The molecule has 0 spiro atoms. The quantitative estimate of drug-likeness (QED) is 0.697. The predicted octanol–water partition coefficient (Wildman–Crippen LogP) is 2.28. The van der Waals surface area contributed by atoms with Crippen molar-refractivity contribution >= 4 is 21.8 Å². The Labute approximate surface area is 94.2 Å². The zero-order valence-electron chi connectivity index (χ0n) is 8.71. The summed E-state index contributed by atoms with van der Waals surface area (Å²) in [5, 5.41) is 1.09. The molecule has 1 saturated carbocycles. The van der Waals surface area contributed by atoms with E-state index >= 15 is 0 Å². The molecule has 1 heterocycles. The van der Waals surface area contributed by atoms with Crippen LogP contribution in [-0.2, 0) is 4.79 Å². The number of hydrogen-bond acceptors (Lipinski definition) is 1. The van der Waals surface area contributed by atoms with E-state index in [9.17, 15) is 4.79 Å². The number of nitrogens with zero attached hydrogens (tertiary/aromatic N) is 1. The first-order valence-electron chi connectivity index (χ1n) is 5.57. The Balaban J connectivity index is 1.80. The van der Waals surface area contributed by atoms with Gasteiger partial charge in [-0.15, -0.1) is 0 Å². The summed E-state index contributed by atoms with van der Waals surface area (Å²) >= 11 is 3.52. The van der Waals surface area contributed by atoms with Gasteiger partial charge in [0.05, 0.1) is 0 Å². The molecule has 14 heavy (non-hydrogen) atoms. The fraction of sp³-hybridized carbons (Fsp3) is 0.909. The molecule has 0 aromatic heterocycles. The molecule has 1 aliphatic heterocycles. The van der Waals surface area contributed by atoms with Crippen molar-refractivity contribution in [3.05, 3.63) is 0 Å². The summed E-state index contributed by atoms with van der Waals surface area (Å²) < 4.78 is 0. The summed E-state index contributed by atoms with van der Waals surface area (Å²) in [6.07, 6.45) is 3.48. The van der Waals surface area contributed by atoms with Crippen LogP contribution < -0.4 is 0 Å². The predicted molar refractivity (Wildman–Crippen MR) is 60.4 cm³/mol. The summed E-state index contributed by atoms with van der Waals surface area (Å²) in [5.74, 6) is 2.23. The summed E-state index contributed by atoms with van der Waals surface area (Å²) in [5.41, 5.74) is 0. The summed E-state index contributed by atoms with van der Waals surface area (Å²) in [6, 6.07) is 0. The number of carbonyl (C=O) groups is 1. The molecule has 0 N–H and O–H groups in total. The molecule has 0 bridgehead atoms. The first kappa shape index (κ1) is 10.5. The molecule has 0 aromatic rings. The molecule has 80 valence electrons. The van der Waals surface area contributed by atoms with Crippen molar-refractivity contribution in [2.45, 2.75) is 26.2 Å². The fourth-order valence-electron chi connectivity index (χ4n) is 2.21. The molecule has 1 saturated heterocycles. The number of amides is 1. The average Bonchev–Trinajstić information content (AvgIpc) is 2.95. The molecular weight excluding hydrogens is 242 g/mol. The Kier molecular flexibility index (Phi) is 3.15. The number of piperidine rings is 1. The Morgan fingerprint density at radius 2 is 2.00 bits per heavy atom. The van der Waals surface area contributed by atoms with Crippen LogP contribution >= 0.6 is 15.9 Å². The van der Waals surface area contributed by atoms with Gasteiger partial charge in [-0.2, -0.15) is 0 Å². The lowest BCUT2D eigenvalue weighted by Crippen LogP contribution is -2.39. The van der Waals surface area contributed by atoms with Gasteiger partial charge in [-0.1, -0.05) is 22.9 Å². The van der Waals surface area contributed by atoms with E-state index in [0.29, 0.717) is 17.7 Å². The van der Waals surface area contributed by atoms with Crippen LogP contribution in [-0.4, -0.2) is 29.2 Å². The number of carbonyl (C=O) groups excluding carboxylic acids is 1. The molecular formula is C11H18BrNO. The monoisotopic (exact) mass is 259 g/mol. The van der Waals surface area contributed by atoms with Gasteiger partial charge in [0.15, 0.2) is 0 Å². The zero-order valence-corrected chi connectivity index (χ0v) is 10.3. The number of alkyl halides is 1. The average molecular weight is 260 g/mol. The second kappa shape index (κ2) is 4.21. The molecule has 2 nitrogen and oxygen atoms in total. The van der Waals surface area contributed by atoms with Gasteiger partial charge in [0.2, 0.25) is 5.91 Å². The highest BCUT2D eigenvalue weighted by atomic mass is 79.9. The molecule has 2 unspecified atom stereocenters. The van der Waals surface area contributed by atoms with Crippen LogP contribution in [0.4, 0.5) is 0 Å². The lowest BCUT2D eigenvalue weighted by atomic mass is 9.99. The van der Waals surface area contributed by atoms with Crippen molar-refractivity contribution in [2.24, 2.45) is 17.8 Å². The first-order chi connectivity index (χ1) is 6.72. The molecule has 0 radical (unpaired) electrons. The van der Waals surface area contributed by atoms with E-state index in [-0.39, 0.29) is 0 Å². The largest absolute Gasteiger partial charge is 0.342 e. The molecule has 2 fully saturated rings. The first-order valence-corrected chi connectivity index (χ1v) is 6.69. The SMILES string of the molecule is CC1CC1C(=O)N1CCC(CBr)CC1. The third kappa shape index (κ3) is 2.13. The summed E-state index contributed by atoms with van der Waals surface area (Å²) in [6.45, 7) is 4.14. The van der Waals surface area contributed by atoms with Crippen molar-refractivity contribution in [1.82, 2.24) is 4.90 Å². The molecule has 2 aliphatic rings. The van der Waals surface area contributed by atoms with Crippen molar-refractivity contribution in [2.75, 3.05) is 18.4 Å². The van der Waals surface area contributed by atoms with Gasteiger partial charge in [0, 0.05) is 24.3 Å². The van der Waals surface area contributed by atoms with Crippen LogP contribution in [0.2, 0.25) is 0 Å². The van der Waals surface area contributed by atoms with Gasteiger partial charge in [-0.25, -0.2) is 0 Å². The standard InChI is InChI=1S/C11H18BrNO/c1-8-6-10(8)11(14)13-4-2-9(7-12)3-5-13/h8-10H,2-7H2,1H3. The van der Waals surface area contributed by atoms with E-state index in [1.807, 2.05) is 0 Å². The molecule has 2 rings (SSSR count). The van der Waals surface area contributed by atoms with Gasteiger partial charge >= 0.3 is 0 Å². The van der Waals surface area contributed by atoms with Crippen molar-refractivity contribution < 1.29 is 4.79 Å². The summed E-state index contributed by atoms with van der Waals surface area (Å²) in [7, 11) is 0. The van der Waals surface area contributed by atoms with Crippen LogP contribution in [0.15, 0.2) is 0 Å². The van der Waals surface area contributed by atoms with Crippen LogP contribution in [0.25, 0.3) is 0 Å². The third-order valence-corrected chi connectivity index (χ3v) is 4.49. The van der Waals surface area contributed by atoms with Gasteiger partial charge in [-0.3, -0.25) is 4.79 Å². The van der Waals surface area contributed by atoms with Crippen LogP contribution in [0.5, 0.6) is 0 Å². The van der Waals surface area contributed by atoms with E-state index in [1.165, 1.54) is 12.8 Å². The Morgan fingerprint density at radius 3 is 2.43 bits per heavy atom. The second-order valence-corrected chi connectivity index (χ2v) is 5.39. The highest BCUT2D eigenvalue weighted by Gasteiger charge is 2.41. The number of likely N-dealkylation sites (tertiary alicyclic amines) is 1. The topological polar surface area (TPSA) is 20.3 Å². The lowest BCUT2D eigenvalue weighted by molar-refractivity contribution is -0.134. The Morgan fingerprint density at radius 1 is 1.43 bits per heavy atom. The number of hydrogen-bond donors (Lipinski definition) is 0. The van der Waals surface area contributed by atoms with Crippen molar-refractivity contribution in [3.63, 3.8) is 0 Å². The van der Waals surface area contributed by atoms with Crippen molar-refractivity contribution in [3.8, 4) is 0 Å². The molecule has 2 atom stereocenters. The molecule has 1 amide bonds. The number of halogens is 1. The second-order valence-electron chi connectivity index (χ2n) is 4.74. The lowest BCUT2D eigenvalue weighted by Gasteiger charge is -2.31. The van der Waals surface area contributed by atoms with Gasteiger partial charge in [0.1, 0.15) is 0 Å². The minimum absolute atomic E-state index is 0.371. The summed E-state index contributed by atoms with van der Waals surface area (Å²) in [4.78, 5) is 14.0. The zero-order chi connectivity index (χ0) is 10.1. The molecule has 1 aliphatic carbocycles. The smallest absolute Gasteiger partial charge is 0.225 e. The van der Waals surface area contributed by atoms with Gasteiger partial charge in [-0.05, 0) is 31.1 Å². The number of rotatable bonds is 2. The van der Waals surface area contributed by atoms with Gasteiger partial charge < -0.3 is 4.90 Å². The Hall–Kier alpha value is -0.0500. The fourth-order valence-corrected chi connectivity index (χ4v) is 2.86. The normalized spacial score (nSPS) is 33.1. The Bertz CT molecular complexity index is 223. The highest BCUT2D eigenvalue weighted by Crippen LogP contribution is 2.39. The maximum absolute atomic E-state index is 11.9. The van der Waals surface area contributed by atoms with E-state index in [4.69, 9.17) is 0 Å². The van der Waals surface area contributed by atoms with Gasteiger partial charge in [0.25, 0.3) is 0 Å². The maximum Gasteiger partial charge on any atom is 0.225 e. The van der Waals surface area contributed by atoms with E-state index in [1.54, 1.807) is 0 Å². The van der Waals surface area contributed by atoms with E-state index in [0.717, 1.165) is 30.8 Å². The van der Waals surface area contributed by atoms with Crippen molar-refractivity contribution in [1.29, 1.82) is 0 Å². The van der Waals surface area contributed by atoms with E-state index in [2.05, 4.69) is 27.8 Å². The highest BCUT2D eigenvalue weighted by molar-refractivity contribution is 9.09. The minimum atomic E-state index is 0.371. The van der Waals surface area contributed by atoms with Crippen LogP contribution in [0, 0.1) is 17.8 Å². The molecule has 0 aromatic carbocycles. The third-order valence-electron chi connectivity index (χ3n) is 3.57. The van der Waals surface area contributed by atoms with Crippen LogP contribution in [0.3, 0.4) is 0 Å². The van der Waals surface area contributed by atoms with Crippen LogP contribution in [0.1, 0.15) is 26.2 Å². The maximum atomic E-state index is 11.9. The van der Waals surface area contributed by atoms with E-state index < -0.39 is 0 Å². The minimum Gasteiger partial charge on any atom is -0.342 e.